The summed E-state index contributed by atoms with van der Waals surface area (Å²) in [7, 11) is 0. The molecule has 0 N–H and O–H groups in total. The molecule has 4 heteroatoms. The average molecular weight is 192 g/mol. The van der Waals surface area contributed by atoms with Gasteiger partial charge < -0.3 is 0 Å². The summed E-state index contributed by atoms with van der Waals surface area (Å²) in [5.74, 6) is -0.749. The Hall–Kier alpha value is -0.0675. The summed E-state index contributed by atoms with van der Waals surface area (Å²) in [5.41, 5.74) is 0. The molecule has 0 unspecified atom stereocenters. The number of halogens is 1. The molecule has 0 saturated heterocycles. The van der Waals surface area contributed by atoms with Crippen LogP contribution < -0.4 is 0 Å². The van der Waals surface area contributed by atoms with E-state index in [0.717, 1.165) is 19.3 Å². The Kier molecular flexibility index (Phi) is 13.2. The van der Waals surface area contributed by atoms with Crippen LogP contribution in [0.15, 0.2) is 0 Å². The monoisotopic (exact) mass is 192 g/mol. The van der Waals surface area contributed by atoms with Crippen molar-refractivity contribution in [3.8, 4) is 0 Å². The molecule has 0 heterocycles. The molecule has 0 aromatic carbocycles. The zero-order valence-electron chi connectivity index (χ0n) is 6.94. The molecule has 0 aromatic rings. The maximum absolute atomic E-state index is 11.1. The van der Waals surface area contributed by atoms with Gasteiger partial charge in [0, 0.05) is 10.9 Å². The lowest BCUT2D eigenvalue weighted by Gasteiger charge is -1.96. The number of rotatable bonds is 6. The van der Waals surface area contributed by atoms with Crippen LogP contribution in [0.25, 0.3) is 0 Å². The Labute approximate surface area is 83.5 Å². The molecule has 0 atom stereocenters. The fourth-order valence-electron chi connectivity index (χ4n) is 0.911. The van der Waals surface area contributed by atoms with Crippen molar-refractivity contribution in [2.75, 3.05) is 0 Å². The molecular formula is C8H18AlFO2. The van der Waals surface area contributed by atoms with Gasteiger partial charge in [0.25, 0.3) is 0 Å². The van der Waals surface area contributed by atoms with E-state index in [1.54, 1.807) is 0 Å². The largest absolute Gasteiger partial charge is 0.348 e. The Bertz CT molecular complexity index is 109. The molecule has 0 rings (SSSR count). The SMILES string of the molecule is CCCCCCCC(=O)OF.[AlH3]. The van der Waals surface area contributed by atoms with Crippen molar-refractivity contribution < 1.29 is 14.3 Å². The third-order valence-corrected chi connectivity index (χ3v) is 1.57. The van der Waals surface area contributed by atoms with Gasteiger partial charge in [-0.1, -0.05) is 32.6 Å². The smallest absolute Gasteiger partial charge is 0.255 e. The lowest BCUT2D eigenvalue weighted by molar-refractivity contribution is -0.183. The van der Waals surface area contributed by atoms with Gasteiger partial charge >= 0.3 is 5.97 Å². The predicted molar refractivity (Wildman–Crippen MR) is 50.5 cm³/mol. The van der Waals surface area contributed by atoms with E-state index in [2.05, 4.69) is 11.9 Å². The second-order valence-electron chi connectivity index (χ2n) is 2.61. The molecule has 0 aliphatic carbocycles. The molecule has 0 fully saturated rings. The van der Waals surface area contributed by atoms with E-state index in [-0.39, 0.29) is 23.8 Å². The molecule has 0 amide bonds. The standard InChI is InChI=1S/C8H15FO2.Al.3H/c1-2-3-4-5-6-7-8(10)11-9;;;;/h2-7H2,1H3;;;;. The molecule has 12 heavy (non-hydrogen) atoms. The van der Waals surface area contributed by atoms with Crippen molar-refractivity contribution in [3.63, 3.8) is 0 Å². The normalized spacial score (nSPS) is 8.83. The molecule has 0 aliphatic rings. The summed E-state index contributed by atoms with van der Waals surface area (Å²) in [6.45, 7) is 2.12. The van der Waals surface area contributed by atoms with Gasteiger partial charge in [-0.2, -0.15) is 0 Å². The van der Waals surface area contributed by atoms with Gasteiger partial charge in [-0.3, -0.25) is 4.94 Å². The van der Waals surface area contributed by atoms with Crippen LogP contribution >= 0.6 is 0 Å². The number of carbonyl (C=O) groups excluding carboxylic acids is 1. The molecule has 0 spiro atoms. The van der Waals surface area contributed by atoms with Gasteiger partial charge in [-0.15, -0.1) is 0 Å². The Balaban J connectivity index is 0. The highest BCUT2D eigenvalue weighted by molar-refractivity contribution is 5.75. The molecule has 0 bridgehead atoms. The van der Waals surface area contributed by atoms with Crippen LogP contribution in [0.2, 0.25) is 0 Å². The summed E-state index contributed by atoms with van der Waals surface area (Å²) in [4.78, 5) is 13.3. The molecule has 0 saturated carbocycles. The van der Waals surface area contributed by atoms with E-state index in [0.29, 0.717) is 0 Å². The quantitative estimate of drug-likeness (QED) is 0.472. The second kappa shape index (κ2) is 10.9. The average Bonchev–Trinajstić information content (AvgIpc) is 2.04. The minimum absolute atomic E-state index is 0. The summed E-state index contributed by atoms with van der Waals surface area (Å²) < 4.78 is 11.1. The predicted octanol–water partition coefficient (Wildman–Crippen LogP) is 1.59. The first-order valence-corrected chi connectivity index (χ1v) is 4.12. The lowest BCUT2D eigenvalue weighted by Crippen LogP contribution is -1.96. The van der Waals surface area contributed by atoms with Crippen molar-refractivity contribution in [1.82, 2.24) is 0 Å². The first kappa shape index (κ1) is 14.5. The van der Waals surface area contributed by atoms with Gasteiger partial charge in [-0.25, -0.2) is 4.79 Å². The minimum atomic E-state index is -0.749. The lowest BCUT2D eigenvalue weighted by atomic mass is 10.1. The van der Waals surface area contributed by atoms with Crippen molar-refractivity contribution in [1.29, 1.82) is 0 Å². The fraction of sp³-hybridized carbons (Fsp3) is 0.875. The highest BCUT2D eigenvalue weighted by Crippen LogP contribution is 2.05. The Morgan fingerprint density at radius 1 is 1.25 bits per heavy atom. The van der Waals surface area contributed by atoms with Crippen molar-refractivity contribution in [2.24, 2.45) is 0 Å². The summed E-state index contributed by atoms with van der Waals surface area (Å²) >= 11 is 0. The number of unbranched alkanes of at least 4 members (excludes halogenated alkanes) is 4. The van der Waals surface area contributed by atoms with Crippen molar-refractivity contribution >= 4 is 23.3 Å². The van der Waals surface area contributed by atoms with E-state index >= 15 is 0 Å². The zero-order valence-corrected chi connectivity index (χ0v) is 6.94. The van der Waals surface area contributed by atoms with Gasteiger partial charge in [-0.05, 0) is 6.42 Å². The van der Waals surface area contributed by atoms with E-state index in [1.807, 2.05) is 0 Å². The number of carbonyl (C=O) groups is 1. The molecule has 72 valence electrons. The number of hydrogen-bond donors (Lipinski definition) is 0. The first-order valence-electron chi connectivity index (χ1n) is 4.12. The topological polar surface area (TPSA) is 26.3 Å². The van der Waals surface area contributed by atoms with Crippen LogP contribution in [0.5, 0.6) is 0 Å². The van der Waals surface area contributed by atoms with E-state index in [9.17, 15) is 9.32 Å². The zero-order chi connectivity index (χ0) is 8.53. The van der Waals surface area contributed by atoms with E-state index in [4.69, 9.17) is 0 Å². The van der Waals surface area contributed by atoms with Crippen LogP contribution in [0, 0.1) is 0 Å². The maximum atomic E-state index is 11.1. The summed E-state index contributed by atoms with van der Waals surface area (Å²) in [6, 6.07) is 0. The van der Waals surface area contributed by atoms with Crippen LogP contribution in [-0.4, -0.2) is 23.3 Å². The van der Waals surface area contributed by atoms with E-state index < -0.39 is 5.97 Å². The van der Waals surface area contributed by atoms with Gasteiger partial charge in [0.05, 0.1) is 0 Å². The van der Waals surface area contributed by atoms with Gasteiger partial charge in [0.15, 0.2) is 17.4 Å². The maximum Gasteiger partial charge on any atom is 0.348 e. The van der Waals surface area contributed by atoms with Crippen LogP contribution in [0.1, 0.15) is 45.4 Å². The molecule has 0 radical (unpaired) electrons. The van der Waals surface area contributed by atoms with Crippen molar-refractivity contribution in [3.05, 3.63) is 0 Å². The molecular weight excluding hydrogens is 174 g/mol. The van der Waals surface area contributed by atoms with Crippen LogP contribution in [-0.2, 0) is 9.74 Å². The highest BCUT2D eigenvalue weighted by atomic mass is 27.0. The van der Waals surface area contributed by atoms with Crippen molar-refractivity contribution in [2.45, 2.75) is 45.4 Å². The molecule has 0 aliphatic heterocycles. The Morgan fingerprint density at radius 3 is 2.33 bits per heavy atom. The second-order valence-corrected chi connectivity index (χ2v) is 2.61. The number of hydrogen-bond acceptors (Lipinski definition) is 2. The highest BCUT2D eigenvalue weighted by Gasteiger charge is 2.00. The Morgan fingerprint density at radius 2 is 1.83 bits per heavy atom. The van der Waals surface area contributed by atoms with Gasteiger partial charge in [0.1, 0.15) is 0 Å². The summed E-state index contributed by atoms with van der Waals surface area (Å²) in [5, 5.41) is 0. The minimum Gasteiger partial charge on any atom is -0.255 e. The molecule has 2 nitrogen and oxygen atoms in total. The first-order chi connectivity index (χ1) is 5.31. The molecule has 0 aromatic heterocycles. The van der Waals surface area contributed by atoms with Gasteiger partial charge in [0.2, 0.25) is 0 Å². The van der Waals surface area contributed by atoms with Crippen LogP contribution in [0.4, 0.5) is 4.53 Å². The fourth-order valence-corrected chi connectivity index (χ4v) is 0.911. The third-order valence-electron chi connectivity index (χ3n) is 1.57. The van der Waals surface area contributed by atoms with E-state index in [1.165, 1.54) is 12.8 Å². The van der Waals surface area contributed by atoms with Crippen LogP contribution in [0.3, 0.4) is 0 Å². The third kappa shape index (κ3) is 9.93. The summed E-state index contributed by atoms with van der Waals surface area (Å²) in [6.07, 6.45) is 5.42.